The Hall–Kier alpha value is -4.10. The fourth-order valence-corrected chi connectivity index (χ4v) is 2.74. The summed E-state index contributed by atoms with van der Waals surface area (Å²) in [5.74, 6) is -5.09. The van der Waals surface area contributed by atoms with Crippen molar-refractivity contribution in [1.82, 2.24) is 0 Å². The van der Waals surface area contributed by atoms with Gasteiger partial charge in [-0.25, -0.2) is 0 Å². The van der Waals surface area contributed by atoms with Crippen molar-refractivity contribution < 1.29 is 64.5 Å². The second-order valence-corrected chi connectivity index (χ2v) is 8.18. The summed E-state index contributed by atoms with van der Waals surface area (Å²) in [4.78, 5) is 49.6. The Bertz CT molecular complexity index is 1170. The van der Waals surface area contributed by atoms with Crippen LogP contribution in [0.25, 0.3) is 0 Å². The van der Waals surface area contributed by atoms with Crippen LogP contribution in [0.4, 0.5) is 26.3 Å². The SMILES string of the molecule is CC(OC(=O)C(C)(C)C(=O)OCC(=O)c1ccc(OC(F)(F)F)cc1)C(=O)c1ccc(OC(F)(F)F)cc1. The van der Waals surface area contributed by atoms with Gasteiger partial charge in [0.1, 0.15) is 11.5 Å². The molecule has 2 aromatic rings. The normalized spacial score (nSPS) is 12.8. The molecule has 206 valence electrons. The number of esters is 2. The van der Waals surface area contributed by atoms with E-state index >= 15 is 0 Å². The third-order valence-electron chi connectivity index (χ3n) is 4.79. The summed E-state index contributed by atoms with van der Waals surface area (Å²) in [5.41, 5.74) is -2.18. The molecule has 38 heavy (non-hydrogen) atoms. The quantitative estimate of drug-likeness (QED) is 0.175. The van der Waals surface area contributed by atoms with E-state index < -0.39 is 65.9 Å². The molecule has 0 radical (unpaired) electrons. The molecule has 0 fully saturated rings. The van der Waals surface area contributed by atoms with Crippen molar-refractivity contribution in [3.8, 4) is 11.5 Å². The molecule has 0 heterocycles. The van der Waals surface area contributed by atoms with Crippen LogP contribution in [-0.4, -0.2) is 48.9 Å². The number of carbonyl (C=O) groups is 4. The lowest BCUT2D eigenvalue weighted by Crippen LogP contribution is -2.40. The van der Waals surface area contributed by atoms with Crippen molar-refractivity contribution in [2.75, 3.05) is 6.61 Å². The standard InChI is InChI=1S/C24H20F6O8/c1-13(19(32)15-6-10-17(11-7-15)38-24(28,29)30)36-21(34)22(2,3)20(33)35-12-18(31)14-4-8-16(9-5-14)37-23(25,26)27/h4-11,13H,12H2,1-3H3. The first kappa shape index (κ1) is 30.1. The van der Waals surface area contributed by atoms with E-state index in [-0.39, 0.29) is 11.1 Å². The van der Waals surface area contributed by atoms with Crippen LogP contribution in [0.5, 0.6) is 11.5 Å². The molecular formula is C24H20F6O8. The molecule has 0 spiro atoms. The summed E-state index contributed by atoms with van der Waals surface area (Å²) in [6.07, 6.45) is -11.3. The van der Waals surface area contributed by atoms with Gasteiger partial charge in [0.2, 0.25) is 5.78 Å². The molecule has 0 aliphatic rings. The average molecular weight is 550 g/mol. The van der Waals surface area contributed by atoms with Gasteiger partial charge in [-0.15, -0.1) is 26.3 Å². The van der Waals surface area contributed by atoms with E-state index in [1.807, 2.05) is 0 Å². The Morgan fingerprint density at radius 1 is 0.711 bits per heavy atom. The molecule has 0 aliphatic heterocycles. The van der Waals surface area contributed by atoms with E-state index in [0.29, 0.717) is 0 Å². The van der Waals surface area contributed by atoms with E-state index in [1.165, 1.54) is 6.92 Å². The van der Waals surface area contributed by atoms with Crippen molar-refractivity contribution in [2.24, 2.45) is 5.41 Å². The minimum atomic E-state index is -4.92. The van der Waals surface area contributed by atoms with Crippen LogP contribution >= 0.6 is 0 Å². The van der Waals surface area contributed by atoms with Crippen LogP contribution in [0, 0.1) is 5.41 Å². The van der Waals surface area contributed by atoms with Gasteiger partial charge in [-0.3, -0.25) is 19.2 Å². The van der Waals surface area contributed by atoms with Gasteiger partial charge >= 0.3 is 24.7 Å². The molecule has 2 rings (SSSR count). The van der Waals surface area contributed by atoms with E-state index in [2.05, 4.69) is 9.47 Å². The number of ether oxygens (including phenoxy) is 4. The van der Waals surface area contributed by atoms with Crippen molar-refractivity contribution in [3.05, 3.63) is 59.7 Å². The lowest BCUT2D eigenvalue weighted by Gasteiger charge is -2.23. The summed E-state index contributed by atoms with van der Waals surface area (Å²) in [6, 6.07) is 7.66. The number of benzene rings is 2. The third-order valence-corrected chi connectivity index (χ3v) is 4.79. The Balaban J connectivity index is 1.93. The molecule has 0 saturated heterocycles. The van der Waals surface area contributed by atoms with Crippen LogP contribution in [-0.2, 0) is 19.1 Å². The Kier molecular flexibility index (Phi) is 9.14. The van der Waals surface area contributed by atoms with E-state index in [1.54, 1.807) is 0 Å². The minimum absolute atomic E-state index is 0.0985. The summed E-state index contributed by atoms with van der Waals surface area (Å²) < 4.78 is 90.7. The maximum Gasteiger partial charge on any atom is 0.573 e. The maximum absolute atomic E-state index is 12.5. The zero-order valence-corrected chi connectivity index (χ0v) is 19.9. The van der Waals surface area contributed by atoms with Crippen molar-refractivity contribution >= 4 is 23.5 Å². The van der Waals surface area contributed by atoms with Crippen molar-refractivity contribution in [1.29, 1.82) is 0 Å². The van der Waals surface area contributed by atoms with Gasteiger partial charge in [0.15, 0.2) is 23.9 Å². The first-order valence-electron chi connectivity index (χ1n) is 10.6. The minimum Gasteiger partial charge on any atom is -0.456 e. The molecule has 8 nitrogen and oxygen atoms in total. The molecule has 0 saturated carbocycles. The third kappa shape index (κ3) is 8.78. The topological polar surface area (TPSA) is 105 Å². The first-order valence-corrected chi connectivity index (χ1v) is 10.6. The predicted molar refractivity (Wildman–Crippen MR) is 115 cm³/mol. The maximum atomic E-state index is 12.5. The summed E-state index contributed by atoms with van der Waals surface area (Å²) in [7, 11) is 0. The number of halogens is 6. The molecule has 0 aromatic heterocycles. The fraction of sp³-hybridized carbons (Fsp3) is 0.333. The zero-order valence-electron chi connectivity index (χ0n) is 19.9. The van der Waals surface area contributed by atoms with Gasteiger partial charge in [0.25, 0.3) is 0 Å². The van der Waals surface area contributed by atoms with Crippen LogP contribution in [0.2, 0.25) is 0 Å². The molecule has 0 bridgehead atoms. The van der Waals surface area contributed by atoms with E-state index in [4.69, 9.17) is 9.47 Å². The predicted octanol–water partition coefficient (Wildman–Crippen LogP) is 5.05. The van der Waals surface area contributed by atoms with E-state index in [9.17, 15) is 45.5 Å². The highest BCUT2D eigenvalue weighted by molar-refractivity contribution is 6.04. The van der Waals surface area contributed by atoms with Gasteiger partial charge in [-0.05, 0) is 69.3 Å². The van der Waals surface area contributed by atoms with E-state index in [0.717, 1.165) is 62.4 Å². The summed E-state index contributed by atoms with van der Waals surface area (Å²) in [6.45, 7) is 2.53. The molecule has 0 N–H and O–H groups in total. The molecule has 1 atom stereocenters. The van der Waals surface area contributed by atoms with Crippen LogP contribution in [0.3, 0.4) is 0 Å². The zero-order chi connectivity index (χ0) is 28.9. The second kappa shape index (κ2) is 11.5. The van der Waals surface area contributed by atoms with Gasteiger partial charge < -0.3 is 18.9 Å². The van der Waals surface area contributed by atoms with Gasteiger partial charge in [0.05, 0.1) is 0 Å². The Labute approximate surface area is 211 Å². The molecule has 14 heteroatoms. The smallest absolute Gasteiger partial charge is 0.456 e. The first-order chi connectivity index (χ1) is 17.4. The van der Waals surface area contributed by atoms with Crippen LogP contribution < -0.4 is 9.47 Å². The molecule has 0 aliphatic carbocycles. The number of alkyl halides is 6. The van der Waals surface area contributed by atoms with Gasteiger partial charge in [-0.1, -0.05) is 0 Å². The average Bonchev–Trinajstić information content (AvgIpc) is 2.80. The largest absolute Gasteiger partial charge is 0.573 e. The molecule has 0 amide bonds. The number of ketones is 2. The Morgan fingerprint density at radius 2 is 1.13 bits per heavy atom. The number of carbonyl (C=O) groups excluding carboxylic acids is 4. The highest BCUT2D eigenvalue weighted by Crippen LogP contribution is 2.25. The van der Waals surface area contributed by atoms with Gasteiger partial charge in [-0.2, -0.15) is 0 Å². The molecule has 2 aromatic carbocycles. The van der Waals surface area contributed by atoms with Gasteiger partial charge in [0, 0.05) is 11.1 Å². The van der Waals surface area contributed by atoms with Crippen LogP contribution in [0.1, 0.15) is 41.5 Å². The highest BCUT2D eigenvalue weighted by Gasteiger charge is 2.41. The number of hydrogen-bond acceptors (Lipinski definition) is 8. The number of hydrogen-bond donors (Lipinski definition) is 0. The van der Waals surface area contributed by atoms with Crippen LogP contribution in [0.15, 0.2) is 48.5 Å². The van der Waals surface area contributed by atoms with Crippen molar-refractivity contribution in [3.63, 3.8) is 0 Å². The summed E-state index contributed by atoms with van der Waals surface area (Å²) >= 11 is 0. The second-order valence-electron chi connectivity index (χ2n) is 8.18. The monoisotopic (exact) mass is 550 g/mol. The fourth-order valence-electron chi connectivity index (χ4n) is 2.74. The lowest BCUT2D eigenvalue weighted by atomic mass is 9.94. The molecule has 1 unspecified atom stereocenters. The Morgan fingerprint density at radius 3 is 1.55 bits per heavy atom. The lowest BCUT2D eigenvalue weighted by molar-refractivity contribution is -0.275. The molecular weight excluding hydrogens is 530 g/mol. The van der Waals surface area contributed by atoms with Crippen molar-refractivity contribution in [2.45, 2.75) is 39.6 Å². The highest BCUT2D eigenvalue weighted by atomic mass is 19.4. The number of rotatable bonds is 10. The summed E-state index contributed by atoms with van der Waals surface area (Å²) in [5, 5.41) is 0. The number of Topliss-reactive ketones (excluding diaryl/α,β-unsaturated/α-hetero) is 2.